The first-order valence-corrected chi connectivity index (χ1v) is 9.21. The van der Waals surface area contributed by atoms with Crippen molar-refractivity contribution < 1.29 is 53.8 Å². The van der Waals surface area contributed by atoms with E-state index >= 15 is 0 Å². The summed E-state index contributed by atoms with van der Waals surface area (Å²) in [7, 11) is 1.72. The Labute approximate surface area is 183 Å². The Morgan fingerprint density at radius 1 is 1.04 bits per heavy atom. The van der Waals surface area contributed by atoms with Crippen molar-refractivity contribution in [1.82, 2.24) is 0 Å². The molecule has 1 aliphatic carbocycles. The van der Waals surface area contributed by atoms with Crippen LogP contribution in [-0.4, -0.2) is 10.3 Å². The van der Waals surface area contributed by atoms with Crippen LogP contribution in [0, 0.1) is 6.08 Å². The molecule has 0 saturated heterocycles. The van der Waals surface area contributed by atoms with Gasteiger partial charge in [0.15, 0.2) is 0 Å². The van der Waals surface area contributed by atoms with Gasteiger partial charge in [-0.15, -0.1) is 40.8 Å². The molecule has 0 spiro atoms. The molecule has 0 unspecified atom stereocenters. The van der Waals surface area contributed by atoms with E-state index in [-0.39, 0.29) is 24.8 Å². The Bertz CT molecular complexity index is 864. The minimum Gasteiger partial charge on any atom is -1.00 e. The van der Waals surface area contributed by atoms with Crippen molar-refractivity contribution in [3.05, 3.63) is 72.8 Å². The van der Waals surface area contributed by atoms with Gasteiger partial charge in [-0.3, -0.25) is 6.08 Å². The molecule has 0 bridgehead atoms. The molecule has 0 fully saturated rings. The summed E-state index contributed by atoms with van der Waals surface area (Å²) >= 11 is 1.55. The van der Waals surface area contributed by atoms with E-state index in [1.54, 1.807) is 31.3 Å². The van der Waals surface area contributed by atoms with Gasteiger partial charge in [-0.05, 0) is 6.07 Å². The van der Waals surface area contributed by atoms with Crippen LogP contribution in [0.2, 0.25) is 0 Å². The van der Waals surface area contributed by atoms with Crippen molar-refractivity contribution in [3.63, 3.8) is 0 Å². The molecule has 0 atom stereocenters. The predicted octanol–water partition coefficient (Wildman–Crippen LogP) is -0.220. The van der Waals surface area contributed by atoms with E-state index in [0.717, 1.165) is 12.2 Å². The number of benzene rings is 2. The third kappa shape index (κ3) is 7.27. The number of methoxy groups -OCH3 is 1. The van der Waals surface area contributed by atoms with Crippen LogP contribution < -0.4 is 29.6 Å². The average Bonchev–Trinajstić information content (AvgIpc) is 3.25. The maximum absolute atomic E-state index is 5.39. The molecule has 0 radical (unpaired) electrons. The maximum atomic E-state index is 5.39. The molecule has 1 aliphatic rings. The van der Waals surface area contributed by atoms with E-state index in [9.17, 15) is 0 Å². The maximum Gasteiger partial charge on any atom is -0.109 e. The normalized spacial score (nSPS) is 10.8. The molecule has 136 valence electrons. The van der Waals surface area contributed by atoms with Crippen LogP contribution in [0.4, 0.5) is 0 Å². The third-order valence-electron chi connectivity index (χ3n) is 3.41. The van der Waals surface area contributed by atoms with Crippen LogP contribution in [0.25, 0.3) is 21.5 Å². The van der Waals surface area contributed by atoms with Gasteiger partial charge in [0.1, 0.15) is 0 Å². The minimum absolute atomic E-state index is 0. The molecule has 0 saturated carbocycles. The molecule has 26 heavy (non-hydrogen) atoms. The Balaban J connectivity index is 0.000000480. The van der Waals surface area contributed by atoms with Crippen molar-refractivity contribution in [2.24, 2.45) is 0 Å². The van der Waals surface area contributed by atoms with Gasteiger partial charge in [-0.25, -0.2) is 12.2 Å². The first-order chi connectivity index (χ1) is 11.6. The molecule has 0 amide bonds. The van der Waals surface area contributed by atoms with Crippen LogP contribution in [0.15, 0.2) is 66.8 Å². The smallest absolute Gasteiger partial charge is 0.109 e. The Morgan fingerprint density at radius 2 is 1.69 bits per heavy atom. The third-order valence-corrected chi connectivity index (χ3v) is 3.41. The molecule has 0 aromatic heterocycles. The Kier molecular flexibility index (Phi) is 12.6. The zero-order chi connectivity index (χ0) is 17.4. The second kappa shape index (κ2) is 13.1. The summed E-state index contributed by atoms with van der Waals surface area (Å²) in [6.45, 7) is 4.25. The fraction of sp³-hybridized carbons (Fsp3) is 0.182. The number of fused-ring (bicyclic) bond motifs is 3. The Hall–Kier alpha value is -1.08. The van der Waals surface area contributed by atoms with Crippen molar-refractivity contribution >= 4 is 24.8 Å². The second-order valence-corrected chi connectivity index (χ2v) is 8.12. The summed E-state index contributed by atoms with van der Waals surface area (Å²) in [5.74, 6) is 0.952. The van der Waals surface area contributed by atoms with Crippen molar-refractivity contribution in [2.75, 3.05) is 7.11 Å². The van der Waals surface area contributed by atoms with E-state index in [4.69, 9.17) is 4.74 Å². The van der Waals surface area contributed by atoms with Gasteiger partial charge < -0.3 is 29.6 Å². The zero-order valence-electron chi connectivity index (χ0n) is 15.2. The molecular formula is C22H22Cl2OZr-2. The predicted molar refractivity (Wildman–Crippen MR) is 102 cm³/mol. The minimum atomic E-state index is 0. The second-order valence-electron chi connectivity index (χ2n) is 5.66. The van der Waals surface area contributed by atoms with Gasteiger partial charge in [-0.2, -0.15) is 6.08 Å². The van der Waals surface area contributed by atoms with Crippen LogP contribution in [0.3, 0.4) is 0 Å². The van der Waals surface area contributed by atoms with E-state index in [2.05, 4.69) is 62.4 Å². The topological polar surface area (TPSA) is 9.23 Å². The van der Waals surface area contributed by atoms with Gasteiger partial charge >= 0.3 is 41.3 Å². The summed E-state index contributed by atoms with van der Waals surface area (Å²) in [5, 5.41) is 5.01. The van der Waals surface area contributed by atoms with Crippen molar-refractivity contribution in [2.45, 2.75) is 20.3 Å². The number of hydrogen-bond acceptors (Lipinski definition) is 1. The molecular weight excluding hydrogens is 442 g/mol. The number of rotatable bonds is 1. The van der Waals surface area contributed by atoms with Gasteiger partial charge in [0.25, 0.3) is 0 Å². The number of ether oxygens (including phenoxy) is 1. The molecule has 0 aliphatic heterocycles. The molecule has 1 nitrogen and oxygen atoms in total. The molecule has 4 rings (SSSR count). The number of hydrogen-bond donors (Lipinski definition) is 0. The van der Waals surface area contributed by atoms with Gasteiger partial charge in [-0.1, -0.05) is 29.7 Å². The first-order valence-electron chi connectivity index (χ1n) is 7.98. The summed E-state index contributed by atoms with van der Waals surface area (Å²) in [6, 6.07) is 16.8. The number of halogens is 2. The SMILES string of the molecule is COc1cccc2[cH-]c3ccccc3c12.C[C](C)=[Zr+2].[C-]1=CC=CC1.[Cl-].[Cl-]. The number of allylic oxidation sites excluding steroid dienone is 4. The summed E-state index contributed by atoms with van der Waals surface area (Å²) in [4.78, 5) is 0. The van der Waals surface area contributed by atoms with Crippen LogP contribution >= 0.6 is 0 Å². The molecule has 0 N–H and O–H groups in total. The van der Waals surface area contributed by atoms with Gasteiger partial charge in [0.05, 0.1) is 12.9 Å². The van der Waals surface area contributed by atoms with Crippen molar-refractivity contribution in [3.8, 4) is 5.75 Å². The van der Waals surface area contributed by atoms with E-state index in [1.807, 2.05) is 24.3 Å². The van der Waals surface area contributed by atoms with E-state index < -0.39 is 0 Å². The van der Waals surface area contributed by atoms with Crippen LogP contribution in [0.1, 0.15) is 20.3 Å². The van der Waals surface area contributed by atoms with Crippen LogP contribution in [0.5, 0.6) is 5.75 Å². The monoisotopic (exact) mass is 462 g/mol. The average molecular weight is 465 g/mol. The molecule has 3 aromatic carbocycles. The summed E-state index contributed by atoms with van der Waals surface area (Å²) in [5.41, 5.74) is 0. The summed E-state index contributed by atoms with van der Waals surface area (Å²) < 4.78 is 6.90. The quantitative estimate of drug-likeness (QED) is 0.453. The zero-order valence-corrected chi connectivity index (χ0v) is 19.2. The van der Waals surface area contributed by atoms with Gasteiger partial charge in [0.2, 0.25) is 0 Å². The fourth-order valence-electron chi connectivity index (χ4n) is 2.48. The largest absolute Gasteiger partial charge is 1.00 e. The van der Waals surface area contributed by atoms with Crippen molar-refractivity contribution in [1.29, 1.82) is 0 Å². The van der Waals surface area contributed by atoms with E-state index in [0.29, 0.717) is 0 Å². The van der Waals surface area contributed by atoms with Crippen LogP contribution in [-0.2, 0) is 24.2 Å². The van der Waals surface area contributed by atoms with E-state index in [1.165, 1.54) is 24.8 Å². The summed E-state index contributed by atoms with van der Waals surface area (Å²) in [6.07, 6.45) is 10.0. The standard InChI is InChI=1S/C14H11O.C5H5.C3H6.2ClH.Zr/c1-15-13-8-4-6-11-9-10-5-2-3-7-12(10)14(11)13;1-2-4-5-3-1;1-3-2;;;/h2-9H,1H3;1-3H,4H2;1-2H3;2*1H;/q2*-1;;;;+2/p-2. The van der Waals surface area contributed by atoms with Gasteiger partial charge in [0, 0.05) is 0 Å². The first kappa shape index (κ1) is 24.9. The molecule has 4 heteroatoms. The Morgan fingerprint density at radius 3 is 2.23 bits per heavy atom. The molecule has 0 heterocycles. The fourth-order valence-corrected chi connectivity index (χ4v) is 2.48. The molecule has 3 aromatic rings.